The number of carbonyl (C=O) groups is 3. The van der Waals surface area contributed by atoms with E-state index >= 15 is 0 Å². The van der Waals surface area contributed by atoms with Gasteiger partial charge in [0.2, 0.25) is 17.7 Å². The van der Waals surface area contributed by atoms with Crippen molar-refractivity contribution in [2.45, 2.75) is 128 Å². The summed E-state index contributed by atoms with van der Waals surface area (Å²) >= 11 is 0. The Morgan fingerprint density at radius 2 is 1.51 bits per heavy atom. The Hall–Kier alpha value is -6.19. The molecule has 0 spiro atoms. The van der Waals surface area contributed by atoms with Gasteiger partial charge in [-0.2, -0.15) is 5.10 Å². The maximum Gasteiger partial charge on any atom is 0.246 e. The first-order valence-corrected chi connectivity index (χ1v) is 27.2. The van der Waals surface area contributed by atoms with Gasteiger partial charge < -0.3 is 49.9 Å². The molecule has 0 saturated carbocycles. The predicted octanol–water partition coefficient (Wildman–Crippen LogP) is 6.38. The van der Waals surface area contributed by atoms with E-state index < -0.39 is 38.1 Å². The van der Waals surface area contributed by atoms with Gasteiger partial charge in [0.15, 0.2) is 15.7 Å². The van der Waals surface area contributed by atoms with Crippen LogP contribution in [-0.4, -0.2) is 134 Å². The first-order chi connectivity index (χ1) is 35.7. The van der Waals surface area contributed by atoms with Crippen LogP contribution in [0.15, 0.2) is 65.8 Å². The van der Waals surface area contributed by atoms with Crippen molar-refractivity contribution in [3.8, 4) is 11.5 Å². The fourth-order valence-corrected chi connectivity index (χ4v) is 10.3. The number of hydrogen-bond donors (Lipinski definition) is 5. The van der Waals surface area contributed by atoms with E-state index in [0.717, 1.165) is 47.2 Å². The second-order valence-electron chi connectivity index (χ2n) is 21.2. The molecule has 20 heteroatoms. The summed E-state index contributed by atoms with van der Waals surface area (Å²) in [5, 5.41) is 20.2. The summed E-state index contributed by atoms with van der Waals surface area (Å²) in [6, 6.07) is 14.7. The van der Waals surface area contributed by atoms with Gasteiger partial charge in [0.05, 0.1) is 62.0 Å². The SMILES string of the molecule is CNC(C)C(=O)NC(C(=O)N1Cc2cc(OCCOCCOCCOCCOc3cc4ncnc(Nc5n[nH]c(C)c5C)c4cc3S(=O)(=O)C(C)(C)C)ccc2C[C@H]1C(=O)N[C@@H]1CCCc2ccccc21)C(C)(C)C. The predicted molar refractivity (Wildman–Crippen MR) is 286 cm³/mol. The number of nitrogens with zero attached hydrogens (tertiary/aromatic N) is 4. The average molecular weight is 1050 g/mol. The van der Waals surface area contributed by atoms with Gasteiger partial charge in [-0.05, 0) is 114 Å². The second-order valence-corrected chi connectivity index (χ2v) is 23.9. The minimum absolute atomic E-state index is 0.0257. The first kappa shape index (κ1) is 56.5. The topological polar surface area (TPSA) is 237 Å². The van der Waals surface area contributed by atoms with Crippen molar-refractivity contribution in [2.24, 2.45) is 5.41 Å². The molecule has 5 aromatic rings. The lowest BCUT2D eigenvalue weighted by Crippen LogP contribution is -2.62. The van der Waals surface area contributed by atoms with Crippen LogP contribution < -0.4 is 30.7 Å². The van der Waals surface area contributed by atoms with Crippen LogP contribution in [0.5, 0.6) is 11.5 Å². The van der Waals surface area contributed by atoms with Crippen LogP contribution in [0, 0.1) is 19.3 Å². The standard InChI is InChI=1S/C55H75N9O10S/c1-34-35(2)62-63-49(34)61-50-42-30-47(75(68,69)55(7,8)9)46(31-44(42)57-33-58-50)74-27-25-72-23-21-70-20-22-71-24-26-73-40-19-18-38-29-45(52(66)59-43-17-13-15-37-14-11-12-16-41(37)43)64(32-39(38)28-40)53(67)48(54(4,5)6)60-51(65)36(3)56-10/h11-12,14,16,18-19,28,30-31,33,36,43,45,48,56H,13,15,17,20-27,29,32H2,1-10H3,(H,59,66)(H,60,65)(H2,57,58,61,62,63)/t36?,43-,45+,48?/m1/s1. The van der Waals surface area contributed by atoms with Crippen LogP contribution in [-0.2, 0) is 57.8 Å². The number of aryl methyl sites for hydroxylation is 2. The Bertz CT molecular complexity index is 2920. The van der Waals surface area contributed by atoms with Gasteiger partial charge in [-0.1, -0.05) is 51.1 Å². The highest BCUT2D eigenvalue weighted by molar-refractivity contribution is 7.92. The number of H-pyrrole nitrogens is 1. The summed E-state index contributed by atoms with van der Waals surface area (Å²) in [4.78, 5) is 52.7. The number of likely N-dealkylation sites (N-methyl/N-ethyl adjacent to an activating group) is 1. The zero-order valence-electron chi connectivity index (χ0n) is 45.1. The van der Waals surface area contributed by atoms with Crippen molar-refractivity contribution in [1.82, 2.24) is 41.0 Å². The maximum absolute atomic E-state index is 14.7. The molecule has 0 radical (unpaired) electrons. The molecule has 0 bridgehead atoms. The normalized spacial score (nSPS) is 16.6. The van der Waals surface area contributed by atoms with Gasteiger partial charge >= 0.3 is 0 Å². The molecular weight excluding hydrogens is 979 g/mol. The quantitative estimate of drug-likeness (QED) is 0.0447. The number of fused-ring (bicyclic) bond motifs is 3. The summed E-state index contributed by atoms with van der Waals surface area (Å²) in [5.74, 6) is 0.918. The highest BCUT2D eigenvalue weighted by Crippen LogP contribution is 2.38. The van der Waals surface area contributed by atoms with E-state index in [1.807, 2.05) is 65.0 Å². The number of aromatic amines is 1. The maximum atomic E-state index is 14.7. The first-order valence-electron chi connectivity index (χ1n) is 25.8. The molecule has 3 heterocycles. The van der Waals surface area contributed by atoms with Crippen molar-refractivity contribution < 1.29 is 46.5 Å². The number of rotatable bonds is 23. The van der Waals surface area contributed by atoms with Crippen molar-refractivity contribution in [1.29, 1.82) is 0 Å². The number of benzene rings is 3. The van der Waals surface area contributed by atoms with Crippen LogP contribution in [0.3, 0.4) is 0 Å². The monoisotopic (exact) mass is 1050 g/mol. The number of nitrogens with one attached hydrogen (secondary N) is 5. The lowest BCUT2D eigenvalue weighted by Gasteiger charge is -2.41. The lowest BCUT2D eigenvalue weighted by molar-refractivity contribution is -0.147. The Morgan fingerprint density at radius 1 is 0.827 bits per heavy atom. The van der Waals surface area contributed by atoms with Gasteiger partial charge in [-0.15, -0.1) is 0 Å². The van der Waals surface area contributed by atoms with E-state index in [-0.39, 0.29) is 67.4 Å². The summed E-state index contributed by atoms with van der Waals surface area (Å²) in [6.45, 7) is 18.5. The minimum atomic E-state index is -3.85. The van der Waals surface area contributed by atoms with E-state index in [1.54, 1.807) is 51.8 Å². The van der Waals surface area contributed by atoms with Crippen LogP contribution in [0.25, 0.3) is 10.9 Å². The fourth-order valence-electron chi connectivity index (χ4n) is 9.01. The van der Waals surface area contributed by atoms with E-state index in [9.17, 15) is 22.8 Å². The molecule has 2 aromatic heterocycles. The zero-order chi connectivity index (χ0) is 54.1. The molecule has 1 aliphatic carbocycles. The Balaban J connectivity index is 0.873. The largest absolute Gasteiger partial charge is 0.491 e. The molecule has 0 saturated heterocycles. The molecule has 2 aliphatic rings. The Labute approximate surface area is 440 Å². The number of hydrogen-bond acceptors (Lipinski definition) is 15. The average Bonchev–Trinajstić information content (AvgIpc) is 3.69. The lowest BCUT2D eigenvalue weighted by atomic mass is 9.83. The molecule has 19 nitrogen and oxygen atoms in total. The van der Waals surface area contributed by atoms with E-state index in [4.69, 9.17) is 23.7 Å². The van der Waals surface area contributed by atoms with Crippen LogP contribution in [0.1, 0.15) is 101 Å². The van der Waals surface area contributed by atoms with Crippen molar-refractivity contribution in [3.63, 3.8) is 0 Å². The number of anilines is 2. The highest BCUT2D eigenvalue weighted by atomic mass is 32.2. The second kappa shape index (κ2) is 24.7. The molecule has 0 fully saturated rings. The third-order valence-electron chi connectivity index (χ3n) is 13.8. The number of ether oxygens (including phenoxy) is 5. The molecule has 4 atom stereocenters. The molecule has 406 valence electrons. The van der Waals surface area contributed by atoms with Gasteiger partial charge in [-0.3, -0.25) is 19.5 Å². The smallest absolute Gasteiger partial charge is 0.246 e. The molecular formula is C55H75N9O10S. The molecule has 3 aromatic carbocycles. The van der Waals surface area contributed by atoms with E-state index in [2.05, 4.69) is 53.6 Å². The molecule has 75 heavy (non-hydrogen) atoms. The summed E-state index contributed by atoms with van der Waals surface area (Å²) in [7, 11) is -2.16. The summed E-state index contributed by atoms with van der Waals surface area (Å²) in [6.07, 6.45) is 4.43. The van der Waals surface area contributed by atoms with E-state index in [1.165, 1.54) is 11.9 Å². The summed E-state index contributed by atoms with van der Waals surface area (Å²) < 4.78 is 55.9. The number of carbonyl (C=O) groups excluding carboxylic acids is 3. The minimum Gasteiger partial charge on any atom is -0.491 e. The van der Waals surface area contributed by atoms with Crippen LogP contribution >= 0.6 is 0 Å². The third kappa shape index (κ3) is 13.8. The molecule has 7 rings (SSSR count). The van der Waals surface area contributed by atoms with Crippen molar-refractivity contribution in [2.75, 3.05) is 65.2 Å². The fraction of sp³-hybridized carbons (Fsp3) is 0.527. The summed E-state index contributed by atoms with van der Waals surface area (Å²) in [5.41, 5.74) is 5.80. The van der Waals surface area contributed by atoms with Gasteiger partial charge in [0.25, 0.3) is 0 Å². The van der Waals surface area contributed by atoms with Gasteiger partial charge in [0.1, 0.15) is 53.8 Å². The number of amides is 3. The molecule has 1 aliphatic heterocycles. The van der Waals surface area contributed by atoms with Crippen molar-refractivity contribution >= 4 is 50.1 Å². The van der Waals surface area contributed by atoms with E-state index in [0.29, 0.717) is 61.1 Å². The molecule has 5 N–H and O–H groups in total. The number of sulfone groups is 1. The molecule has 2 unspecified atom stereocenters. The Morgan fingerprint density at radius 3 is 2.16 bits per heavy atom. The van der Waals surface area contributed by atoms with Crippen LogP contribution in [0.2, 0.25) is 0 Å². The van der Waals surface area contributed by atoms with Crippen LogP contribution in [0.4, 0.5) is 11.6 Å². The highest BCUT2D eigenvalue weighted by Gasteiger charge is 2.43. The molecule has 3 amide bonds. The van der Waals surface area contributed by atoms with Gasteiger partial charge in [-0.25, -0.2) is 18.4 Å². The van der Waals surface area contributed by atoms with Crippen molar-refractivity contribution in [3.05, 3.63) is 94.4 Å². The Kier molecular flexibility index (Phi) is 18.6. The third-order valence-corrected chi connectivity index (χ3v) is 16.3. The zero-order valence-corrected chi connectivity index (χ0v) is 45.9. The van der Waals surface area contributed by atoms with Gasteiger partial charge in [0, 0.05) is 35.7 Å². The number of aromatic nitrogens is 4.